The van der Waals surface area contributed by atoms with E-state index in [4.69, 9.17) is 5.73 Å². The van der Waals surface area contributed by atoms with E-state index in [9.17, 15) is 0 Å². The molecule has 98 valence electrons. The summed E-state index contributed by atoms with van der Waals surface area (Å²) in [6, 6.07) is 3.83. The van der Waals surface area contributed by atoms with Crippen LogP contribution in [0.4, 0.5) is 5.82 Å². The molecule has 0 aliphatic carbocycles. The lowest BCUT2D eigenvalue weighted by atomic mass is 9.82. The molecule has 0 radical (unpaired) electrons. The minimum absolute atomic E-state index is 0.161. The number of nitrogens with zero attached hydrogens (tertiary/aromatic N) is 3. The number of fused-ring (bicyclic) bond motifs is 1. The van der Waals surface area contributed by atoms with Crippen molar-refractivity contribution in [2.75, 3.05) is 18.4 Å². The van der Waals surface area contributed by atoms with Crippen molar-refractivity contribution in [2.24, 2.45) is 11.1 Å². The van der Waals surface area contributed by atoms with Crippen LogP contribution in [0.25, 0.3) is 5.65 Å². The fourth-order valence-corrected chi connectivity index (χ4v) is 2.05. The van der Waals surface area contributed by atoms with E-state index in [0.29, 0.717) is 6.54 Å². The maximum atomic E-state index is 5.89. The van der Waals surface area contributed by atoms with Gasteiger partial charge in [0.15, 0.2) is 5.65 Å². The van der Waals surface area contributed by atoms with Gasteiger partial charge >= 0.3 is 0 Å². The number of aromatic nitrogens is 3. The van der Waals surface area contributed by atoms with Gasteiger partial charge in [0, 0.05) is 18.8 Å². The van der Waals surface area contributed by atoms with Crippen molar-refractivity contribution >= 4 is 11.5 Å². The normalized spacial score (nSPS) is 11.9. The van der Waals surface area contributed by atoms with Crippen LogP contribution in [0.15, 0.2) is 24.5 Å². The minimum atomic E-state index is 0.161. The molecule has 0 saturated heterocycles. The minimum Gasteiger partial charge on any atom is -0.369 e. The lowest BCUT2D eigenvalue weighted by Crippen LogP contribution is -2.36. The predicted octanol–water partition coefficient (Wildman–Crippen LogP) is 1.91. The third-order valence-corrected chi connectivity index (χ3v) is 3.84. The van der Waals surface area contributed by atoms with Crippen molar-refractivity contribution in [1.29, 1.82) is 0 Å². The SMILES string of the molecule is CCC(CC)(CN)CNc1ccn2nccc2n1. The standard InChI is InChI=1S/C13H21N5/c1-3-13(4-2,9-14)10-15-11-6-8-18-12(17-11)5-7-16-18/h5-8H,3-4,9-10,14H2,1-2H3,(H,15,17). The smallest absolute Gasteiger partial charge is 0.157 e. The van der Waals surface area contributed by atoms with E-state index in [-0.39, 0.29) is 5.41 Å². The van der Waals surface area contributed by atoms with E-state index in [1.165, 1.54) is 0 Å². The number of hydrogen-bond donors (Lipinski definition) is 2. The number of hydrogen-bond acceptors (Lipinski definition) is 4. The molecule has 0 aliphatic rings. The molecule has 2 rings (SSSR count). The van der Waals surface area contributed by atoms with Crippen molar-refractivity contribution in [3.8, 4) is 0 Å². The van der Waals surface area contributed by atoms with E-state index in [1.807, 2.05) is 18.3 Å². The first-order valence-electron chi connectivity index (χ1n) is 6.47. The summed E-state index contributed by atoms with van der Waals surface area (Å²) >= 11 is 0. The van der Waals surface area contributed by atoms with Gasteiger partial charge in [-0.25, -0.2) is 9.50 Å². The summed E-state index contributed by atoms with van der Waals surface area (Å²) in [5.74, 6) is 0.878. The zero-order valence-corrected chi connectivity index (χ0v) is 11.1. The zero-order valence-electron chi connectivity index (χ0n) is 11.1. The molecule has 0 fully saturated rings. The van der Waals surface area contributed by atoms with Gasteiger partial charge in [0.1, 0.15) is 5.82 Å². The number of rotatable bonds is 6. The Morgan fingerprint density at radius 2 is 2.11 bits per heavy atom. The van der Waals surface area contributed by atoms with Gasteiger partial charge < -0.3 is 11.1 Å². The Kier molecular flexibility index (Phi) is 3.81. The molecule has 0 saturated carbocycles. The maximum Gasteiger partial charge on any atom is 0.157 e. The Balaban J connectivity index is 2.09. The number of anilines is 1. The molecule has 2 aromatic rings. The van der Waals surface area contributed by atoms with Crippen molar-refractivity contribution in [3.05, 3.63) is 24.5 Å². The molecular formula is C13H21N5. The van der Waals surface area contributed by atoms with Crippen LogP contribution in [-0.2, 0) is 0 Å². The highest BCUT2D eigenvalue weighted by Crippen LogP contribution is 2.25. The second-order valence-electron chi connectivity index (χ2n) is 4.71. The van der Waals surface area contributed by atoms with E-state index < -0.39 is 0 Å². The first kappa shape index (κ1) is 12.8. The second kappa shape index (κ2) is 5.35. The summed E-state index contributed by atoms with van der Waals surface area (Å²) in [5, 5.41) is 7.51. The number of nitrogens with two attached hydrogens (primary N) is 1. The average molecular weight is 247 g/mol. The monoisotopic (exact) mass is 247 g/mol. The van der Waals surface area contributed by atoms with Gasteiger partial charge in [0.2, 0.25) is 0 Å². The third-order valence-electron chi connectivity index (χ3n) is 3.84. The molecule has 2 heterocycles. The lowest BCUT2D eigenvalue weighted by molar-refractivity contribution is 0.294. The van der Waals surface area contributed by atoms with E-state index in [1.54, 1.807) is 10.7 Å². The van der Waals surface area contributed by atoms with Crippen LogP contribution in [0.2, 0.25) is 0 Å². The van der Waals surface area contributed by atoms with Crippen molar-refractivity contribution in [3.63, 3.8) is 0 Å². The molecule has 0 bridgehead atoms. The van der Waals surface area contributed by atoms with Crippen LogP contribution in [0.3, 0.4) is 0 Å². The van der Waals surface area contributed by atoms with Gasteiger partial charge in [-0.15, -0.1) is 0 Å². The van der Waals surface area contributed by atoms with Crippen molar-refractivity contribution in [2.45, 2.75) is 26.7 Å². The number of nitrogens with one attached hydrogen (secondary N) is 1. The molecule has 3 N–H and O–H groups in total. The average Bonchev–Trinajstić information content (AvgIpc) is 2.88. The molecule has 5 heteroatoms. The molecule has 0 aromatic carbocycles. The summed E-state index contributed by atoms with van der Waals surface area (Å²) < 4.78 is 1.75. The summed E-state index contributed by atoms with van der Waals surface area (Å²) in [7, 11) is 0. The quantitative estimate of drug-likeness (QED) is 0.818. The van der Waals surface area contributed by atoms with Gasteiger partial charge in [0.25, 0.3) is 0 Å². The van der Waals surface area contributed by atoms with Gasteiger partial charge in [0.05, 0.1) is 6.20 Å². The van der Waals surface area contributed by atoms with E-state index in [0.717, 1.165) is 30.9 Å². The predicted molar refractivity (Wildman–Crippen MR) is 73.5 cm³/mol. The van der Waals surface area contributed by atoms with E-state index in [2.05, 4.69) is 29.2 Å². The Bertz CT molecular complexity index is 493. The Hall–Kier alpha value is -1.62. The fourth-order valence-electron chi connectivity index (χ4n) is 2.05. The fraction of sp³-hybridized carbons (Fsp3) is 0.538. The maximum absolute atomic E-state index is 5.89. The topological polar surface area (TPSA) is 68.2 Å². The molecular weight excluding hydrogens is 226 g/mol. The van der Waals surface area contributed by atoms with Crippen LogP contribution in [-0.4, -0.2) is 27.7 Å². The Morgan fingerprint density at radius 1 is 1.33 bits per heavy atom. The van der Waals surface area contributed by atoms with Gasteiger partial charge in [-0.2, -0.15) is 5.10 Å². The Morgan fingerprint density at radius 3 is 2.78 bits per heavy atom. The summed E-state index contributed by atoms with van der Waals surface area (Å²) in [5.41, 5.74) is 6.91. The van der Waals surface area contributed by atoms with Crippen LogP contribution >= 0.6 is 0 Å². The zero-order chi connectivity index (χ0) is 13.0. The van der Waals surface area contributed by atoms with Gasteiger partial charge in [-0.3, -0.25) is 0 Å². The highest BCUT2D eigenvalue weighted by atomic mass is 15.2. The van der Waals surface area contributed by atoms with Crippen LogP contribution < -0.4 is 11.1 Å². The highest BCUT2D eigenvalue weighted by Gasteiger charge is 2.24. The second-order valence-corrected chi connectivity index (χ2v) is 4.71. The van der Waals surface area contributed by atoms with Crippen LogP contribution in [0.5, 0.6) is 0 Å². The lowest BCUT2D eigenvalue weighted by Gasteiger charge is -2.30. The molecule has 0 spiro atoms. The summed E-state index contributed by atoms with van der Waals surface area (Å²) in [6.45, 7) is 5.92. The first-order valence-corrected chi connectivity index (χ1v) is 6.47. The summed E-state index contributed by atoms with van der Waals surface area (Å²) in [6.07, 6.45) is 5.80. The molecule has 5 nitrogen and oxygen atoms in total. The van der Waals surface area contributed by atoms with Crippen LogP contribution in [0, 0.1) is 5.41 Å². The van der Waals surface area contributed by atoms with Crippen LogP contribution in [0.1, 0.15) is 26.7 Å². The van der Waals surface area contributed by atoms with Crippen molar-refractivity contribution < 1.29 is 0 Å². The molecule has 0 aliphatic heterocycles. The van der Waals surface area contributed by atoms with E-state index >= 15 is 0 Å². The largest absolute Gasteiger partial charge is 0.369 e. The van der Waals surface area contributed by atoms with Gasteiger partial charge in [-0.05, 0) is 30.9 Å². The van der Waals surface area contributed by atoms with Crippen molar-refractivity contribution in [1.82, 2.24) is 14.6 Å². The first-order chi connectivity index (χ1) is 8.73. The molecule has 0 amide bonds. The molecule has 0 atom stereocenters. The third kappa shape index (κ3) is 2.46. The highest BCUT2D eigenvalue weighted by molar-refractivity contribution is 5.45. The Labute approximate surface area is 107 Å². The molecule has 18 heavy (non-hydrogen) atoms. The van der Waals surface area contributed by atoms with Gasteiger partial charge in [-0.1, -0.05) is 13.8 Å². The summed E-state index contributed by atoms with van der Waals surface area (Å²) in [4.78, 5) is 4.49. The molecule has 0 unspecified atom stereocenters. The molecule has 2 aromatic heterocycles.